The number of hydrogen-bond acceptors (Lipinski definition) is 9. The van der Waals surface area contributed by atoms with Gasteiger partial charge in [0.1, 0.15) is 0 Å². The molecule has 16 heteroatoms. The third-order valence-corrected chi connectivity index (χ3v) is 20.0. The molecule has 0 fully saturated rings. The first kappa shape index (κ1) is 65.5. The van der Waals surface area contributed by atoms with Gasteiger partial charge in [0.05, 0.1) is 44.5 Å². The number of fused-ring (bicyclic) bond motifs is 4. The van der Waals surface area contributed by atoms with Crippen molar-refractivity contribution >= 4 is 75.3 Å². The molecule has 8 amide bonds. The van der Waals surface area contributed by atoms with Crippen LogP contribution in [-0.2, 0) is 49.7 Å². The maximum Gasteiger partial charge on any atom is 0.264 e. The molecule has 6 aromatic carbocycles. The fourth-order valence-corrected chi connectivity index (χ4v) is 17.0. The van der Waals surface area contributed by atoms with Crippen LogP contribution in [-0.4, -0.2) is 86.9 Å². The Labute approximate surface area is 476 Å². The van der Waals surface area contributed by atoms with Crippen LogP contribution in [0.1, 0.15) is 157 Å². The molecule has 0 atom stereocenters. The molecule has 397 valence electrons. The third-order valence-electron chi connectivity index (χ3n) is 12.8. The van der Waals surface area contributed by atoms with Gasteiger partial charge in [-0.2, -0.15) is 36.4 Å². The Hall–Kier alpha value is -6.62. The van der Waals surface area contributed by atoms with Gasteiger partial charge in [0.25, 0.3) is 47.3 Å². The van der Waals surface area contributed by atoms with Crippen LogP contribution in [0.15, 0.2) is 121 Å². The van der Waals surface area contributed by atoms with Crippen LogP contribution < -0.4 is 9.80 Å². The molecule has 0 N–H and O–H groups in total. The van der Waals surface area contributed by atoms with Gasteiger partial charge in [0, 0.05) is 45.9 Å². The number of rotatable bonds is 11. The van der Waals surface area contributed by atoms with E-state index in [1.807, 2.05) is 12.1 Å². The van der Waals surface area contributed by atoms with E-state index in [4.69, 9.17) is 4.12 Å². The summed E-state index contributed by atoms with van der Waals surface area (Å²) in [7, 11) is -2.67. The average Bonchev–Trinajstić information content (AvgIpc) is 3.91. The minimum absolute atomic E-state index is 0. The molecule has 0 bridgehead atoms. The van der Waals surface area contributed by atoms with Crippen molar-refractivity contribution in [1.82, 2.24) is 9.80 Å². The van der Waals surface area contributed by atoms with Crippen molar-refractivity contribution < 1.29 is 75.2 Å². The van der Waals surface area contributed by atoms with Crippen molar-refractivity contribution in [3.05, 3.63) is 200 Å². The predicted molar refractivity (Wildman–Crippen MR) is 303 cm³/mol. The van der Waals surface area contributed by atoms with Gasteiger partial charge in [-0.1, -0.05) is 87.1 Å². The number of carbonyl (C=O) groups excluding carboxylic acids is 8. The van der Waals surface area contributed by atoms with Crippen LogP contribution in [0.3, 0.4) is 0 Å². The minimum atomic E-state index is -2.29. The summed E-state index contributed by atoms with van der Waals surface area (Å²) in [5, 5.41) is 0. The van der Waals surface area contributed by atoms with E-state index < -0.39 is 16.6 Å². The summed E-state index contributed by atoms with van der Waals surface area (Å²) in [5.74, 6) is -2.61. The standard InChI is InChI=1S/C30H31N2O5Si2.C24H15N2O4.6CH4.Y/c1-6-38(2,3)37-39(4,5)19-31-27(33)23-14-12-20(17-25(23)28(31)34)16-21-13-15-24-26(18-21)30(36)32(29(24)35)22-10-8-7-9-11-22;1-25-21(27)17-9-7-14(12-19(17)22(25)28)11-15-8-10-18-20(13-15)24(30)26(23(18)29)16-5-3-2-4-6-16;;;;;;;/h8-15,17-18H,6,16,19H2,1-5H3;3-10,12-13H,11H2,1H3;6*1H4;/q2*-1;;;;;;;. The van der Waals surface area contributed by atoms with Gasteiger partial charge in [-0.05, 0) is 116 Å². The minimum Gasteiger partial charge on any atom is -0.454 e. The van der Waals surface area contributed by atoms with Crippen LogP contribution in [0.5, 0.6) is 0 Å². The molecule has 13 nitrogen and oxygen atoms in total. The number of amides is 8. The van der Waals surface area contributed by atoms with Crippen molar-refractivity contribution in [2.24, 2.45) is 0 Å². The largest absolute Gasteiger partial charge is 0.454 e. The SMILES string of the molecule is C.C.C.C.C.C.CC[Si](C)(C)O[Si](C)(C)CN1C(=O)c2ccc(Cc3ccc4c(c3)C(=O)N(c3cc[c-]cc3)C4=O)cc2C1=O.CN1C(=O)c2ccc(Cc3ccc4c(c3)C(=O)N(c3cc[c-]cc3)C4=O)cc2C1=O.[Y]. The van der Waals surface area contributed by atoms with Gasteiger partial charge >= 0.3 is 0 Å². The van der Waals surface area contributed by atoms with E-state index in [0.717, 1.165) is 38.1 Å². The molecule has 0 spiro atoms. The van der Waals surface area contributed by atoms with Crippen molar-refractivity contribution in [2.45, 2.75) is 96.6 Å². The van der Waals surface area contributed by atoms with Crippen molar-refractivity contribution in [3.63, 3.8) is 0 Å². The Morgan fingerprint density at radius 3 is 1.07 bits per heavy atom. The number of carbonyl (C=O) groups is 8. The summed E-state index contributed by atoms with van der Waals surface area (Å²) < 4.78 is 6.50. The topological polar surface area (TPSA) is 159 Å². The first-order chi connectivity index (χ1) is 32.9. The smallest absolute Gasteiger partial charge is 0.264 e. The number of anilines is 2. The number of hydrogen-bond donors (Lipinski definition) is 0. The summed E-state index contributed by atoms with van der Waals surface area (Å²) in [4.78, 5) is 107. The fourth-order valence-electron chi connectivity index (χ4n) is 9.13. The van der Waals surface area contributed by atoms with Gasteiger partial charge in [-0.25, -0.2) is 0 Å². The Kier molecular flexibility index (Phi) is 22.0. The zero-order chi connectivity index (χ0) is 49.1. The van der Waals surface area contributed by atoms with Gasteiger partial charge < -0.3 is 4.12 Å². The molecule has 6 aromatic rings. The van der Waals surface area contributed by atoms with Crippen LogP contribution in [0, 0.1) is 12.1 Å². The van der Waals surface area contributed by atoms with Crippen molar-refractivity contribution in [1.29, 1.82) is 0 Å². The molecule has 0 saturated heterocycles. The summed E-state index contributed by atoms with van der Waals surface area (Å²) in [6.07, 6.45) is 1.24. The second-order valence-corrected chi connectivity index (χ2v) is 27.5. The molecule has 1 radical (unpaired) electrons. The van der Waals surface area contributed by atoms with E-state index in [1.54, 1.807) is 109 Å². The van der Waals surface area contributed by atoms with Gasteiger partial charge in [0.15, 0.2) is 16.6 Å². The molecule has 0 saturated carbocycles. The monoisotopic (exact) mass is 1140 g/mol. The fraction of sp³-hybridized carbons (Fsp3) is 0.267. The van der Waals surface area contributed by atoms with Gasteiger partial charge in [0.2, 0.25) is 0 Å². The Morgan fingerprint density at radius 1 is 0.408 bits per heavy atom. The van der Waals surface area contributed by atoms with Crippen LogP contribution in [0.4, 0.5) is 11.4 Å². The molecule has 10 rings (SSSR count). The Bertz CT molecular complexity index is 3220. The summed E-state index contributed by atoms with van der Waals surface area (Å²) in [6, 6.07) is 41.0. The maximum absolute atomic E-state index is 13.3. The Morgan fingerprint density at radius 2 is 0.697 bits per heavy atom. The normalized spacial score (nSPS) is 13.8. The van der Waals surface area contributed by atoms with E-state index in [9.17, 15) is 38.4 Å². The molecule has 0 unspecified atom stereocenters. The third kappa shape index (κ3) is 12.3. The van der Waals surface area contributed by atoms with Gasteiger partial charge in [-0.15, -0.1) is 24.3 Å². The molecule has 0 aromatic heterocycles. The van der Waals surface area contributed by atoms with Crippen LogP contribution >= 0.6 is 0 Å². The average molecular weight is 1140 g/mol. The molecule has 0 aliphatic carbocycles. The van der Waals surface area contributed by atoms with E-state index in [2.05, 4.69) is 45.2 Å². The van der Waals surface area contributed by atoms with Crippen LogP contribution in [0.2, 0.25) is 32.2 Å². The molecule has 76 heavy (non-hydrogen) atoms. The number of benzene rings is 6. The quantitative estimate of drug-likeness (QED) is 0.0699. The molecular weight excluding hydrogens is 1070 g/mol. The van der Waals surface area contributed by atoms with E-state index in [1.165, 1.54) is 16.8 Å². The zero-order valence-electron chi connectivity index (χ0n) is 39.4. The number of imide groups is 4. The molecule has 4 aliphatic heterocycles. The van der Waals surface area contributed by atoms with E-state index >= 15 is 0 Å². The molecular formula is C60H70N4O9Si2Y-2. The first-order valence-electron chi connectivity index (χ1n) is 22.5. The van der Waals surface area contributed by atoms with Crippen LogP contribution in [0.25, 0.3) is 0 Å². The number of nitrogens with zero attached hydrogens (tertiary/aromatic N) is 4. The van der Waals surface area contributed by atoms with Gasteiger partial charge in [-0.3, -0.25) is 58.0 Å². The zero-order valence-corrected chi connectivity index (χ0v) is 44.3. The summed E-state index contributed by atoms with van der Waals surface area (Å²) in [6.45, 7) is 10.6. The van der Waals surface area contributed by atoms with E-state index in [0.29, 0.717) is 74.9 Å². The molecule has 4 aliphatic rings. The second-order valence-electron chi connectivity index (χ2n) is 18.6. The predicted octanol–water partition coefficient (Wildman–Crippen LogP) is 12.4. The Balaban J connectivity index is 0.000000488. The van der Waals surface area contributed by atoms with Crippen molar-refractivity contribution in [3.8, 4) is 0 Å². The maximum atomic E-state index is 13.3. The molecule has 4 heterocycles. The second kappa shape index (κ2) is 25.5. The van der Waals surface area contributed by atoms with Crippen molar-refractivity contribution in [2.75, 3.05) is 23.0 Å². The summed E-state index contributed by atoms with van der Waals surface area (Å²) >= 11 is 0. The first-order valence-corrected chi connectivity index (χ1v) is 28.7. The van der Waals surface area contributed by atoms with E-state index in [-0.39, 0.29) is 125 Å². The summed E-state index contributed by atoms with van der Waals surface area (Å²) in [5.41, 5.74) is 7.41.